The van der Waals surface area contributed by atoms with Crippen molar-refractivity contribution in [2.75, 3.05) is 11.9 Å². The van der Waals surface area contributed by atoms with Crippen LogP contribution in [-0.4, -0.2) is 27.3 Å². The van der Waals surface area contributed by atoms with E-state index in [2.05, 4.69) is 20.7 Å². The first-order valence-corrected chi connectivity index (χ1v) is 8.21. The molecule has 0 aliphatic carbocycles. The fraction of sp³-hybridized carbons (Fsp3) is 0.133. The lowest BCUT2D eigenvalue weighted by Crippen LogP contribution is -2.30. The standard InChI is InChI=1S/C15H14ClN5OS/c16-12-3-1-2-11(10-12)4-6-17-14(22)19-13-5-8-21(20-13)15-18-7-9-23-15/h1-3,5,7-10H,4,6H2,(H2,17,19,20,22). The normalized spacial score (nSPS) is 10.5. The number of benzene rings is 1. The number of thiazole rings is 1. The molecule has 8 heteroatoms. The van der Waals surface area contributed by atoms with Gasteiger partial charge in [0.25, 0.3) is 0 Å². The van der Waals surface area contributed by atoms with Gasteiger partial charge in [-0.15, -0.1) is 16.4 Å². The van der Waals surface area contributed by atoms with E-state index in [0.29, 0.717) is 23.8 Å². The zero-order valence-electron chi connectivity index (χ0n) is 12.1. The van der Waals surface area contributed by atoms with Gasteiger partial charge in [-0.1, -0.05) is 23.7 Å². The monoisotopic (exact) mass is 347 g/mol. The van der Waals surface area contributed by atoms with Crippen molar-refractivity contribution in [3.05, 3.63) is 58.7 Å². The highest BCUT2D eigenvalue weighted by Crippen LogP contribution is 2.13. The molecule has 0 radical (unpaired) electrons. The topological polar surface area (TPSA) is 71.8 Å². The summed E-state index contributed by atoms with van der Waals surface area (Å²) in [6.07, 6.45) is 4.17. The van der Waals surface area contributed by atoms with Crippen LogP contribution in [0.25, 0.3) is 5.13 Å². The van der Waals surface area contributed by atoms with Crippen LogP contribution in [-0.2, 0) is 6.42 Å². The van der Waals surface area contributed by atoms with Crippen molar-refractivity contribution in [1.82, 2.24) is 20.1 Å². The first kappa shape index (κ1) is 15.5. The minimum atomic E-state index is -0.295. The Bertz CT molecular complexity index is 787. The van der Waals surface area contributed by atoms with E-state index in [0.717, 1.165) is 10.7 Å². The summed E-state index contributed by atoms with van der Waals surface area (Å²) >= 11 is 7.39. The molecule has 0 bridgehead atoms. The molecule has 0 atom stereocenters. The molecule has 0 fully saturated rings. The summed E-state index contributed by atoms with van der Waals surface area (Å²) in [6.45, 7) is 0.513. The van der Waals surface area contributed by atoms with Crippen LogP contribution in [0.15, 0.2) is 48.1 Å². The zero-order chi connectivity index (χ0) is 16.1. The van der Waals surface area contributed by atoms with Crippen LogP contribution in [0, 0.1) is 0 Å². The van der Waals surface area contributed by atoms with Crippen molar-refractivity contribution in [2.45, 2.75) is 6.42 Å². The third kappa shape index (κ3) is 4.30. The maximum atomic E-state index is 11.9. The lowest BCUT2D eigenvalue weighted by atomic mass is 10.1. The SMILES string of the molecule is O=C(NCCc1cccc(Cl)c1)Nc1ccn(-c2nccs2)n1. The minimum Gasteiger partial charge on any atom is -0.337 e. The number of amides is 2. The summed E-state index contributed by atoms with van der Waals surface area (Å²) in [5.41, 5.74) is 1.07. The fourth-order valence-electron chi connectivity index (χ4n) is 2.00. The van der Waals surface area contributed by atoms with E-state index in [1.165, 1.54) is 11.3 Å². The van der Waals surface area contributed by atoms with Crippen LogP contribution < -0.4 is 10.6 Å². The number of nitrogens with one attached hydrogen (secondary N) is 2. The van der Waals surface area contributed by atoms with Crippen molar-refractivity contribution in [3.63, 3.8) is 0 Å². The lowest BCUT2D eigenvalue weighted by molar-refractivity contribution is 0.252. The van der Waals surface area contributed by atoms with Gasteiger partial charge < -0.3 is 5.32 Å². The smallest absolute Gasteiger partial charge is 0.320 e. The lowest BCUT2D eigenvalue weighted by Gasteiger charge is -2.06. The minimum absolute atomic E-state index is 0.295. The van der Waals surface area contributed by atoms with E-state index in [1.807, 2.05) is 29.6 Å². The van der Waals surface area contributed by atoms with Gasteiger partial charge in [0.2, 0.25) is 5.13 Å². The summed E-state index contributed by atoms with van der Waals surface area (Å²) < 4.78 is 1.62. The Labute approximate surface area is 142 Å². The molecule has 3 rings (SSSR count). The molecule has 23 heavy (non-hydrogen) atoms. The van der Waals surface area contributed by atoms with Gasteiger partial charge >= 0.3 is 6.03 Å². The average Bonchev–Trinajstić information content (AvgIpc) is 3.18. The van der Waals surface area contributed by atoms with E-state index < -0.39 is 0 Å². The molecule has 118 valence electrons. The second kappa shape index (κ2) is 7.26. The molecule has 0 saturated heterocycles. The molecule has 1 aromatic carbocycles. The van der Waals surface area contributed by atoms with E-state index in [1.54, 1.807) is 23.1 Å². The van der Waals surface area contributed by atoms with Crippen LogP contribution in [0.1, 0.15) is 5.56 Å². The number of anilines is 1. The summed E-state index contributed by atoms with van der Waals surface area (Å²) in [4.78, 5) is 16.0. The number of rotatable bonds is 5. The average molecular weight is 348 g/mol. The molecule has 2 N–H and O–H groups in total. The van der Waals surface area contributed by atoms with E-state index in [4.69, 9.17) is 11.6 Å². The van der Waals surface area contributed by atoms with E-state index in [-0.39, 0.29) is 6.03 Å². The molecular formula is C15H14ClN5OS. The Morgan fingerprint density at radius 3 is 3.04 bits per heavy atom. The summed E-state index contributed by atoms with van der Waals surface area (Å²) in [5.74, 6) is 0.473. The maximum Gasteiger partial charge on any atom is 0.320 e. The molecule has 2 heterocycles. The van der Waals surface area contributed by atoms with Crippen molar-refractivity contribution in [1.29, 1.82) is 0 Å². The quantitative estimate of drug-likeness (QED) is 0.743. The molecule has 6 nitrogen and oxygen atoms in total. The third-order valence-electron chi connectivity index (χ3n) is 3.03. The number of urea groups is 1. The molecule has 2 aromatic heterocycles. The Morgan fingerprint density at radius 1 is 1.35 bits per heavy atom. The van der Waals surface area contributed by atoms with Gasteiger partial charge in [0.15, 0.2) is 5.82 Å². The Morgan fingerprint density at radius 2 is 2.26 bits per heavy atom. The van der Waals surface area contributed by atoms with Crippen molar-refractivity contribution in [2.24, 2.45) is 0 Å². The van der Waals surface area contributed by atoms with Crippen LogP contribution in [0.2, 0.25) is 5.02 Å². The van der Waals surface area contributed by atoms with Gasteiger partial charge in [0.1, 0.15) is 0 Å². The summed E-state index contributed by atoms with van der Waals surface area (Å²) in [5, 5.41) is 13.0. The van der Waals surface area contributed by atoms with Crippen LogP contribution in [0.5, 0.6) is 0 Å². The predicted octanol–water partition coefficient (Wildman–Crippen LogP) is 3.35. The zero-order valence-corrected chi connectivity index (χ0v) is 13.6. The van der Waals surface area contributed by atoms with Gasteiger partial charge in [-0.05, 0) is 24.1 Å². The van der Waals surface area contributed by atoms with E-state index >= 15 is 0 Å². The molecule has 0 saturated carbocycles. The number of carbonyl (C=O) groups excluding carboxylic acids is 1. The number of aromatic nitrogens is 3. The molecule has 0 aliphatic rings. The van der Waals surface area contributed by atoms with Crippen molar-refractivity contribution < 1.29 is 4.79 Å². The van der Waals surface area contributed by atoms with Crippen LogP contribution in [0.4, 0.5) is 10.6 Å². The second-order valence-electron chi connectivity index (χ2n) is 4.72. The molecule has 0 aliphatic heterocycles. The highest BCUT2D eigenvalue weighted by atomic mass is 35.5. The highest BCUT2D eigenvalue weighted by Gasteiger charge is 2.06. The number of hydrogen-bond donors (Lipinski definition) is 2. The second-order valence-corrected chi connectivity index (χ2v) is 6.03. The fourth-order valence-corrected chi connectivity index (χ4v) is 2.79. The Kier molecular flexibility index (Phi) is 4.89. The molecular weight excluding hydrogens is 334 g/mol. The number of carbonyl (C=O) groups is 1. The third-order valence-corrected chi connectivity index (χ3v) is 4.03. The van der Waals surface area contributed by atoms with Crippen LogP contribution in [0.3, 0.4) is 0 Å². The first-order valence-electron chi connectivity index (χ1n) is 6.95. The Balaban J connectivity index is 1.48. The van der Waals surface area contributed by atoms with Gasteiger partial charge in [-0.25, -0.2) is 14.5 Å². The maximum absolute atomic E-state index is 11.9. The van der Waals surface area contributed by atoms with E-state index in [9.17, 15) is 4.79 Å². The number of halogens is 1. The molecule has 0 unspecified atom stereocenters. The van der Waals surface area contributed by atoms with Gasteiger partial charge in [-0.2, -0.15) is 0 Å². The summed E-state index contributed by atoms with van der Waals surface area (Å²) in [7, 11) is 0. The Hall–Kier alpha value is -2.38. The molecule has 0 spiro atoms. The summed E-state index contributed by atoms with van der Waals surface area (Å²) in [6, 6.07) is 9.00. The highest BCUT2D eigenvalue weighted by molar-refractivity contribution is 7.12. The number of hydrogen-bond acceptors (Lipinski definition) is 4. The van der Waals surface area contributed by atoms with Crippen molar-refractivity contribution in [3.8, 4) is 5.13 Å². The van der Waals surface area contributed by atoms with Crippen molar-refractivity contribution >= 4 is 34.8 Å². The van der Waals surface area contributed by atoms with Crippen LogP contribution >= 0.6 is 22.9 Å². The van der Waals surface area contributed by atoms with Gasteiger partial charge in [0.05, 0.1) is 0 Å². The first-order chi connectivity index (χ1) is 11.2. The largest absolute Gasteiger partial charge is 0.337 e. The van der Waals surface area contributed by atoms with Gasteiger partial charge in [-0.3, -0.25) is 5.32 Å². The molecule has 2 amide bonds. The van der Waals surface area contributed by atoms with Gasteiger partial charge in [0, 0.05) is 35.4 Å². The predicted molar refractivity (Wildman–Crippen MR) is 91.4 cm³/mol. The number of nitrogens with zero attached hydrogens (tertiary/aromatic N) is 3. The molecule has 3 aromatic rings.